The standard InChI is InChI=1S/C21H36N4S.HI/c1-3-22-21(23-16-17(2)15-20-9-6-14-26-20)24-18-10-12-25(13-11-18)19-7-4-5-8-19;/h6,9,14,17-19H,3-5,7-8,10-13,15-16H2,1-2H3,(H2,22,23,24);1H. The van der Waals surface area contributed by atoms with Crippen molar-refractivity contribution in [3.8, 4) is 0 Å². The van der Waals surface area contributed by atoms with Gasteiger partial charge in [-0.25, -0.2) is 0 Å². The normalized spacial score (nSPS) is 21.0. The molecule has 1 aromatic heterocycles. The van der Waals surface area contributed by atoms with Crippen LogP contribution in [-0.2, 0) is 6.42 Å². The average molecular weight is 505 g/mol. The molecule has 3 rings (SSSR count). The van der Waals surface area contributed by atoms with Gasteiger partial charge in [0.15, 0.2) is 5.96 Å². The monoisotopic (exact) mass is 504 g/mol. The molecule has 0 bridgehead atoms. The van der Waals surface area contributed by atoms with Crippen LogP contribution in [0.15, 0.2) is 22.5 Å². The van der Waals surface area contributed by atoms with Gasteiger partial charge in [-0.15, -0.1) is 35.3 Å². The Kier molecular flexibility index (Phi) is 10.4. The highest BCUT2D eigenvalue weighted by Crippen LogP contribution is 2.26. The number of halogens is 1. The second kappa shape index (κ2) is 12.3. The molecule has 2 heterocycles. The molecule has 0 aromatic carbocycles. The molecule has 0 radical (unpaired) electrons. The molecule has 1 aliphatic carbocycles. The third-order valence-corrected chi connectivity index (χ3v) is 6.65. The van der Waals surface area contributed by atoms with Crippen LogP contribution in [0, 0.1) is 5.92 Å². The molecule has 154 valence electrons. The minimum atomic E-state index is 0. The summed E-state index contributed by atoms with van der Waals surface area (Å²) < 4.78 is 0. The highest BCUT2D eigenvalue weighted by atomic mass is 127. The fraction of sp³-hybridized carbons (Fsp3) is 0.762. The third kappa shape index (κ3) is 7.54. The predicted octanol–water partition coefficient (Wildman–Crippen LogP) is 4.51. The number of nitrogens with one attached hydrogen (secondary N) is 2. The van der Waals surface area contributed by atoms with E-state index in [1.54, 1.807) is 0 Å². The van der Waals surface area contributed by atoms with E-state index in [1.807, 2.05) is 11.3 Å². The Hall–Kier alpha value is -0.340. The van der Waals surface area contributed by atoms with E-state index in [4.69, 9.17) is 4.99 Å². The van der Waals surface area contributed by atoms with Crippen LogP contribution in [0.1, 0.15) is 57.2 Å². The Morgan fingerprint density at radius 1 is 1.26 bits per heavy atom. The van der Waals surface area contributed by atoms with Gasteiger partial charge in [0.05, 0.1) is 0 Å². The molecule has 27 heavy (non-hydrogen) atoms. The highest BCUT2D eigenvalue weighted by Gasteiger charge is 2.27. The number of guanidine groups is 1. The van der Waals surface area contributed by atoms with Crippen LogP contribution in [0.4, 0.5) is 0 Å². The van der Waals surface area contributed by atoms with Crippen LogP contribution in [0.25, 0.3) is 0 Å². The molecule has 6 heteroatoms. The molecule has 0 spiro atoms. The first kappa shape index (κ1) is 22.9. The molecule has 1 aliphatic heterocycles. The summed E-state index contributed by atoms with van der Waals surface area (Å²) in [6, 6.07) is 5.81. The average Bonchev–Trinajstić information content (AvgIpc) is 3.34. The van der Waals surface area contributed by atoms with Crippen molar-refractivity contribution in [2.24, 2.45) is 10.9 Å². The minimum Gasteiger partial charge on any atom is -0.357 e. The summed E-state index contributed by atoms with van der Waals surface area (Å²) in [5.41, 5.74) is 0. The lowest BCUT2D eigenvalue weighted by Crippen LogP contribution is -2.50. The van der Waals surface area contributed by atoms with E-state index in [2.05, 4.69) is 46.9 Å². The number of hydrogen-bond acceptors (Lipinski definition) is 3. The summed E-state index contributed by atoms with van der Waals surface area (Å²) >= 11 is 1.85. The van der Waals surface area contributed by atoms with E-state index in [0.717, 1.165) is 31.5 Å². The lowest BCUT2D eigenvalue weighted by molar-refractivity contribution is 0.150. The van der Waals surface area contributed by atoms with Gasteiger partial charge in [0.25, 0.3) is 0 Å². The van der Waals surface area contributed by atoms with Gasteiger partial charge in [-0.2, -0.15) is 0 Å². The zero-order chi connectivity index (χ0) is 18.2. The van der Waals surface area contributed by atoms with Gasteiger partial charge in [0.1, 0.15) is 0 Å². The summed E-state index contributed by atoms with van der Waals surface area (Å²) in [7, 11) is 0. The largest absolute Gasteiger partial charge is 0.357 e. The van der Waals surface area contributed by atoms with Crippen molar-refractivity contribution in [1.82, 2.24) is 15.5 Å². The number of rotatable bonds is 7. The van der Waals surface area contributed by atoms with Gasteiger partial charge in [0, 0.05) is 43.1 Å². The van der Waals surface area contributed by atoms with Crippen LogP contribution < -0.4 is 10.6 Å². The molecule has 1 aromatic rings. The molecule has 0 amide bonds. The van der Waals surface area contributed by atoms with Gasteiger partial charge in [-0.3, -0.25) is 4.99 Å². The molecule has 1 saturated carbocycles. The van der Waals surface area contributed by atoms with Crippen molar-refractivity contribution in [3.63, 3.8) is 0 Å². The minimum absolute atomic E-state index is 0. The first-order chi connectivity index (χ1) is 12.7. The number of nitrogens with zero attached hydrogens (tertiary/aromatic N) is 2. The van der Waals surface area contributed by atoms with E-state index in [1.165, 1.54) is 56.5 Å². The zero-order valence-electron chi connectivity index (χ0n) is 17.0. The lowest BCUT2D eigenvalue weighted by Gasteiger charge is -2.36. The van der Waals surface area contributed by atoms with Crippen LogP contribution in [0.5, 0.6) is 0 Å². The number of likely N-dealkylation sites (tertiary alicyclic amines) is 1. The maximum absolute atomic E-state index is 4.87. The molecule has 4 nitrogen and oxygen atoms in total. The Labute approximate surface area is 186 Å². The van der Waals surface area contributed by atoms with Crippen LogP contribution in [-0.4, -0.2) is 49.1 Å². The van der Waals surface area contributed by atoms with Gasteiger partial charge in [0.2, 0.25) is 0 Å². The van der Waals surface area contributed by atoms with Gasteiger partial charge in [-0.1, -0.05) is 25.8 Å². The number of thiophene rings is 1. The molecular weight excluding hydrogens is 467 g/mol. The number of hydrogen-bond donors (Lipinski definition) is 2. The van der Waals surface area contributed by atoms with Gasteiger partial charge < -0.3 is 15.5 Å². The van der Waals surface area contributed by atoms with Gasteiger partial charge in [-0.05, 0) is 56.4 Å². The summed E-state index contributed by atoms with van der Waals surface area (Å²) in [6.45, 7) is 8.75. The Bertz CT molecular complexity index is 534. The summed E-state index contributed by atoms with van der Waals surface area (Å²) in [5.74, 6) is 1.58. The second-order valence-electron chi connectivity index (χ2n) is 8.00. The van der Waals surface area contributed by atoms with E-state index in [9.17, 15) is 0 Å². The maximum atomic E-state index is 4.87. The topological polar surface area (TPSA) is 39.7 Å². The van der Waals surface area contributed by atoms with Crippen molar-refractivity contribution in [2.45, 2.75) is 70.9 Å². The van der Waals surface area contributed by atoms with Crippen molar-refractivity contribution in [2.75, 3.05) is 26.2 Å². The first-order valence-corrected chi connectivity index (χ1v) is 11.4. The fourth-order valence-electron chi connectivity index (χ4n) is 4.28. The fourth-order valence-corrected chi connectivity index (χ4v) is 5.15. The summed E-state index contributed by atoms with van der Waals surface area (Å²) in [5, 5.41) is 9.30. The zero-order valence-corrected chi connectivity index (χ0v) is 20.1. The molecule has 1 atom stereocenters. The van der Waals surface area contributed by atoms with Crippen molar-refractivity contribution < 1.29 is 0 Å². The smallest absolute Gasteiger partial charge is 0.191 e. The predicted molar refractivity (Wildman–Crippen MR) is 129 cm³/mol. The van der Waals surface area contributed by atoms with Crippen LogP contribution in [0.3, 0.4) is 0 Å². The highest BCUT2D eigenvalue weighted by molar-refractivity contribution is 14.0. The van der Waals surface area contributed by atoms with Crippen molar-refractivity contribution in [1.29, 1.82) is 0 Å². The van der Waals surface area contributed by atoms with Crippen molar-refractivity contribution >= 4 is 41.3 Å². The Morgan fingerprint density at radius 2 is 2.00 bits per heavy atom. The quantitative estimate of drug-likeness (QED) is 0.326. The molecule has 1 saturated heterocycles. The second-order valence-corrected chi connectivity index (χ2v) is 9.03. The molecule has 2 fully saturated rings. The molecule has 2 N–H and O–H groups in total. The summed E-state index contributed by atoms with van der Waals surface area (Å²) in [6.07, 6.45) is 9.32. The van der Waals surface area contributed by atoms with Crippen LogP contribution >= 0.6 is 35.3 Å². The molecule has 1 unspecified atom stereocenters. The van der Waals surface area contributed by atoms with Crippen LogP contribution in [0.2, 0.25) is 0 Å². The van der Waals surface area contributed by atoms with E-state index in [0.29, 0.717) is 12.0 Å². The SMILES string of the molecule is CCNC(=NCC(C)Cc1cccs1)NC1CCN(C2CCCC2)CC1.I. The molecular formula is C21H37IN4S. The maximum Gasteiger partial charge on any atom is 0.191 e. The Morgan fingerprint density at radius 3 is 2.63 bits per heavy atom. The van der Waals surface area contributed by atoms with E-state index >= 15 is 0 Å². The van der Waals surface area contributed by atoms with E-state index in [-0.39, 0.29) is 24.0 Å². The number of piperidine rings is 1. The van der Waals surface area contributed by atoms with Gasteiger partial charge >= 0.3 is 0 Å². The van der Waals surface area contributed by atoms with Crippen molar-refractivity contribution in [3.05, 3.63) is 22.4 Å². The number of aliphatic imine (C=N–C) groups is 1. The van der Waals surface area contributed by atoms with E-state index < -0.39 is 0 Å². The Balaban J connectivity index is 0.00000261. The third-order valence-electron chi connectivity index (χ3n) is 5.75. The first-order valence-electron chi connectivity index (χ1n) is 10.6. The molecule has 2 aliphatic rings. The lowest BCUT2D eigenvalue weighted by atomic mass is 10.0. The summed E-state index contributed by atoms with van der Waals surface area (Å²) in [4.78, 5) is 9.07.